The lowest BCUT2D eigenvalue weighted by Crippen LogP contribution is -2.38. The lowest BCUT2D eigenvalue weighted by atomic mass is 9.99. The molecule has 1 aliphatic rings. The lowest BCUT2D eigenvalue weighted by molar-refractivity contribution is -0.133. The van der Waals surface area contributed by atoms with Crippen LogP contribution in [0.5, 0.6) is 0 Å². The van der Waals surface area contributed by atoms with Crippen molar-refractivity contribution in [2.45, 2.75) is 19.5 Å². The highest BCUT2D eigenvalue weighted by Crippen LogP contribution is 2.30. The minimum atomic E-state index is -1.18. The van der Waals surface area contributed by atoms with Crippen LogP contribution in [0.4, 0.5) is 0 Å². The Morgan fingerprint density at radius 1 is 1.30 bits per heavy atom. The zero-order chi connectivity index (χ0) is 16.6. The molecule has 2 heterocycles. The number of carboxylic acid groups (broad SMARTS) is 1. The number of amides is 1. The summed E-state index contributed by atoms with van der Waals surface area (Å²) in [5.41, 5.74) is 1.74. The Bertz CT molecular complexity index is 790. The molecule has 3 rings (SSSR count). The molecule has 0 fully saturated rings. The average Bonchev–Trinajstić information content (AvgIpc) is 2.95. The van der Waals surface area contributed by atoms with Crippen LogP contribution in [0, 0.1) is 0 Å². The second kappa shape index (κ2) is 6.17. The SMILES string of the molecule is O=C(O)c1cn(CC(=O)N2CCc3cc(Cl)cc(Cl)c3C2)nn1. The number of halogens is 2. The summed E-state index contributed by atoms with van der Waals surface area (Å²) in [6, 6.07) is 3.52. The van der Waals surface area contributed by atoms with E-state index in [2.05, 4.69) is 10.3 Å². The first-order valence-corrected chi connectivity index (χ1v) is 7.57. The van der Waals surface area contributed by atoms with Gasteiger partial charge in [-0.05, 0) is 29.7 Å². The fourth-order valence-electron chi connectivity index (χ4n) is 2.51. The summed E-state index contributed by atoms with van der Waals surface area (Å²) in [4.78, 5) is 24.8. The molecule has 0 aliphatic carbocycles. The quantitative estimate of drug-likeness (QED) is 0.908. The van der Waals surface area contributed by atoms with Gasteiger partial charge in [0.05, 0.1) is 6.20 Å². The van der Waals surface area contributed by atoms with E-state index in [4.69, 9.17) is 28.3 Å². The van der Waals surface area contributed by atoms with E-state index in [1.54, 1.807) is 11.0 Å². The number of hydrogen-bond donors (Lipinski definition) is 1. The van der Waals surface area contributed by atoms with Crippen LogP contribution in [-0.4, -0.2) is 43.4 Å². The van der Waals surface area contributed by atoms with Gasteiger partial charge in [0, 0.05) is 23.1 Å². The zero-order valence-electron chi connectivity index (χ0n) is 11.9. The molecule has 0 saturated heterocycles. The summed E-state index contributed by atoms with van der Waals surface area (Å²) < 4.78 is 1.21. The van der Waals surface area contributed by atoms with Gasteiger partial charge in [-0.15, -0.1) is 5.10 Å². The van der Waals surface area contributed by atoms with Crippen LogP contribution >= 0.6 is 23.2 Å². The molecule has 7 nitrogen and oxygen atoms in total. The summed E-state index contributed by atoms with van der Waals surface area (Å²) in [5.74, 6) is -1.36. The molecule has 2 aromatic rings. The highest BCUT2D eigenvalue weighted by atomic mass is 35.5. The van der Waals surface area contributed by atoms with E-state index in [1.807, 2.05) is 6.07 Å². The van der Waals surface area contributed by atoms with E-state index >= 15 is 0 Å². The van der Waals surface area contributed by atoms with E-state index < -0.39 is 5.97 Å². The molecule has 120 valence electrons. The first kappa shape index (κ1) is 15.8. The van der Waals surface area contributed by atoms with Crippen molar-refractivity contribution in [3.63, 3.8) is 0 Å². The fourth-order valence-corrected chi connectivity index (χ4v) is 3.10. The number of carbonyl (C=O) groups excluding carboxylic acids is 1. The molecule has 0 spiro atoms. The van der Waals surface area contributed by atoms with Gasteiger partial charge in [0.1, 0.15) is 6.54 Å². The molecule has 9 heteroatoms. The number of rotatable bonds is 3. The standard InChI is InChI=1S/C14H12Cl2N4O3/c15-9-3-8-1-2-19(5-10(8)11(16)4-9)13(21)7-20-6-12(14(22)23)17-18-20/h3-4,6H,1-2,5,7H2,(H,22,23). The molecular weight excluding hydrogens is 343 g/mol. The van der Waals surface area contributed by atoms with Crippen molar-refractivity contribution in [1.29, 1.82) is 0 Å². The lowest BCUT2D eigenvalue weighted by Gasteiger charge is -2.29. The van der Waals surface area contributed by atoms with Crippen LogP contribution in [-0.2, 0) is 24.3 Å². The van der Waals surface area contributed by atoms with Crippen molar-refractivity contribution >= 4 is 35.1 Å². The molecule has 23 heavy (non-hydrogen) atoms. The first-order valence-electron chi connectivity index (χ1n) is 6.82. The summed E-state index contributed by atoms with van der Waals surface area (Å²) in [5, 5.41) is 17.0. The van der Waals surface area contributed by atoms with Gasteiger partial charge in [-0.3, -0.25) is 4.79 Å². The van der Waals surface area contributed by atoms with Crippen LogP contribution in [0.25, 0.3) is 0 Å². The van der Waals surface area contributed by atoms with Crippen LogP contribution < -0.4 is 0 Å². The average molecular weight is 355 g/mol. The van der Waals surface area contributed by atoms with Crippen LogP contribution in [0.15, 0.2) is 18.3 Å². The smallest absolute Gasteiger partial charge is 0.358 e. The minimum absolute atomic E-state index is 0.0686. The Balaban J connectivity index is 1.72. The van der Waals surface area contributed by atoms with Crippen LogP contribution in [0.2, 0.25) is 10.0 Å². The van der Waals surface area contributed by atoms with E-state index in [1.165, 1.54) is 10.9 Å². The summed E-state index contributed by atoms with van der Waals surface area (Å²) in [6.07, 6.45) is 1.89. The predicted molar refractivity (Wildman–Crippen MR) is 82.6 cm³/mol. The third-order valence-corrected chi connectivity index (χ3v) is 4.22. The van der Waals surface area contributed by atoms with E-state index in [-0.39, 0.29) is 18.1 Å². The molecule has 0 radical (unpaired) electrons. The van der Waals surface area contributed by atoms with Crippen molar-refractivity contribution in [1.82, 2.24) is 19.9 Å². The number of aromatic carboxylic acids is 1. The summed E-state index contributed by atoms with van der Waals surface area (Å²) >= 11 is 12.2. The van der Waals surface area contributed by atoms with Crippen molar-refractivity contribution < 1.29 is 14.7 Å². The molecule has 0 unspecified atom stereocenters. The Labute approximate surface area is 141 Å². The number of carboxylic acids is 1. The maximum atomic E-state index is 12.4. The highest BCUT2D eigenvalue weighted by molar-refractivity contribution is 6.35. The van der Waals surface area contributed by atoms with Crippen molar-refractivity contribution in [3.05, 3.63) is 45.2 Å². The van der Waals surface area contributed by atoms with Gasteiger partial charge in [-0.25, -0.2) is 9.48 Å². The van der Waals surface area contributed by atoms with Gasteiger partial charge in [0.15, 0.2) is 5.69 Å². The number of nitrogens with zero attached hydrogens (tertiary/aromatic N) is 4. The van der Waals surface area contributed by atoms with Crippen molar-refractivity contribution in [2.24, 2.45) is 0 Å². The number of carbonyl (C=O) groups is 2. The highest BCUT2D eigenvalue weighted by Gasteiger charge is 2.23. The van der Waals surface area contributed by atoms with E-state index in [9.17, 15) is 9.59 Å². The zero-order valence-corrected chi connectivity index (χ0v) is 13.4. The third kappa shape index (κ3) is 3.30. The van der Waals surface area contributed by atoms with Crippen LogP contribution in [0.1, 0.15) is 21.6 Å². The van der Waals surface area contributed by atoms with E-state index in [0.29, 0.717) is 29.6 Å². The predicted octanol–water partition coefficient (Wildman–Crippen LogP) is 1.87. The number of fused-ring (bicyclic) bond motifs is 1. The van der Waals surface area contributed by atoms with Gasteiger partial charge in [0.2, 0.25) is 5.91 Å². The number of aromatic nitrogens is 3. The Morgan fingerprint density at radius 2 is 2.09 bits per heavy atom. The first-order chi connectivity index (χ1) is 10.9. The number of hydrogen-bond acceptors (Lipinski definition) is 4. The van der Waals surface area contributed by atoms with Gasteiger partial charge in [0.25, 0.3) is 0 Å². The third-order valence-electron chi connectivity index (χ3n) is 3.66. The normalized spacial score (nSPS) is 13.7. The fraction of sp³-hybridized carbons (Fsp3) is 0.286. The molecule has 0 atom stereocenters. The molecule has 1 amide bonds. The molecular formula is C14H12Cl2N4O3. The maximum absolute atomic E-state index is 12.4. The molecule has 1 aromatic heterocycles. The van der Waals surface area contributed by atoms with Crippen molar-refractivity contribution in [2.75, 3.05) is 6.54 Å². The largest absolute Gasteiger partial charge is 0.476 e. The second-order valence-corrected chi connectivity index (χ2v) is 6.04. The molecule has 1 aromatic carbocycles. The maximum Gasteiger partial charge on any atom is 0.358 e. The summed E-state index contributed by atoms with van der Waals surface area (Å²) in [6.45, 7) is 0.870. The molecule has 0 saturated carbocycles. The van der Waals surface area contributed by atoms with Crippen LogP contribution in [0.3, 0.4) is 0 Å². The van der Waals surface area contributed by atoms with Gasteiger partial charge < -0.3 is 10.0 Å². The van der Waals surface area contributed by atoms with E-state index in [0.717, 1.165) is 11.1 Å². The van der Waals surface area contributed by atoms with Gasteiger partial charge in [-0.2, -0.15) is 0 Å². The minimum Gasteiger partial charge on any atom is -0.476 e. The molecule has 1 aliphatic heterocycles. The summed E-state index contributed by atoms with van der Waals surface area (Å²) in [7, 11) is 0. The Kier molecular flexibility index (Phi) is 4.23. The monoisotopic (exact) mass is 354 g/mol. The molecule has 1 N–H and O–H groups in total. The topological polar surface area (TPSA) is 88.3 Å². The second-order valence-electron chi connectivity index (χ2n) is 5.20. The molecule has 0 bridgehead atoms. The van der Waals surface area contributed by atoms with Crippen molar-refractivity contribution in [3.8, 4) is 0 Å². The Hall–Kier alpha value is -2.12. The number of benzene rings is 1. The van der Waals surface area contributed by atoms with Gasteiger partial charge in [-0.1, -0.05) is 28.4 Å². The Morgan fingerprint density at radius 3 is 2.78 bits per heavy atom. The van der Waals surface area contributed by atoms with Gasteiger partial charge >= 0.3 is 5.97 Å².